The maximum Gasteiger partial charge on any atom is 0.407 e. The topological polar surface area (TPSA) is 91.7 Å². The highest BCUT2D eigenvalue weighted by molar-refractivity contribution is 7.98. The summed E-state index contributed by atoms with van der Waals surface area (Å²) >= 11 is 1.65. The van der Waals surface area contributed by atoms with Gasteiger partial charge in [-0.15, -0.1) is 11.8 Å². The maximum absolute atomic E-state index is 11.7. The molecule has 0 radical (unpaired) electrons. The summed E-state index contributed by atoms with van der Waals surface area (Å²) < 4.78 is 17.4. The predicted octanol–water partition coefficient (Wildman–Crippen LogP) is 3.67. The van der Waals surface area contributed by atoms with Gasteiger partial charge in [-0.1, -0.05) is 18.2 Å². The Labute approximate surface area is 210 Å². The molecule has 35 heavy (non-hydrogen) atoms. The quantitative estimate of drug-likeness (QED) is 0.397. The molecule has 4 rings (SSSR count). The van der Waals surface area contributed by atoms with Crippen molar-refractivity contribution in [2.45, 2.75) is 36.0 Å². The summed E-state index contributed by atoms with van der Waals surface area (Å²) in [5.74, 6) is 0.544. The molecule has 0 unspecified atom stereocenters. The Bertz CT molecular complexity index is 988. The van der Waals surface area contributed by atoms with Gasteiger partial charge in [0.2, 0.25) is 0 Å². The summed E-state index contributed by atoms with van der Waals surface area (Å²) in [5, 5.41) is 20.5. The van der Waals surface area contributed by atoms with Gasteiger partial charge in [0.15, 0.2) is 0 Å². The van der Waals surface area contributed by atoms with E-state index in [0.29, 0.717) is 19.8 Å². The van der Waals surface area contributed by atoms with Gasteiger partial charge < -0.3 is 34.2 Å². The number of carbonyl (C=O) groups is 1. The summed E-state index contributed by atoms with van der Waals surface area (Å²) in [6.45, 7) is 3.64. The zero-order chi connectivity index (χ0) is 24.8. The smallest absolute Gasteiger partial charge is 0.407 e. The summed E-state index contributed by atoms with van der Waals surface area (Å²) in [7, 11) is 1.71. The lowest BCUT2D eigenvalue weighted by Gasteiger charge is -2.40. The largest absolute Gasteiger partial charge is 0.490 e. The van der Waals surface area contributed by atoms with E-state index in [-0.39, 0.29) is 19.0 Å². The number of aliphatic hydroxyl groups is 1. The maximum atomic E-state index is 11.7. The van der Waals surface area contributed by atoms with Crippen LogP contribution in [0.1, 0.15) is 23.5 Å². The van der Waals surface area contributed by atoms with Gasteiger partial charge in [0.1, 0.15) is 12.4 Å². The van der Waals surface area contributed by atoms with Crippen LogP contribution in [0.5, 0.6) is 5.75 Å². The number of piperidine rings is 1. The van der Waals surface area contributed by atoms with Gasteiger partial charge in [-0.25, -0.2) is 4.79 Å². The molecule has 0 saturated carbocycles. The van der Waals surface area contributed by atoms with Gasteiger partial charge in [0, 0.05) is 31.1 Å². The molecule has 190 valence electrons. The average Bonchev–Trinajstić information content (AvgIpc) is 2.87. The van der Waals surface area contributed by atoms with Crippen LogP contribution < -0.4 is 9.64 Å². The molecule has 2 aliphatic rings. The predicted molar refractivity (Wildman–Crippen MR) is 136 cm³/mol. The molecular formula is C26H34N2O6S. The van der Waals surface area contributed by atoms with Crippen LogP contribution in [0.2, 0.25) is 0 Å². The van der Waals surface area contributed by atoms with Gasteiger partial charge in [-0.3, -0.25) is 0 Å². The van der Waals surface area contributed by atoms with E-state index in [1.54, 1.807) is 18.9 Å². The zero-order valence-corrected chi connectivity index (χ0v) is 21.1. The molecule has 0 aliphatic carbocycles. The normalized spacial score (nSPS) is 22.0. The van der Waals surface area contributed by atoms with Crippen molar-refractivity contribution in [1.29, 1.82) is 0 Å². The fraction of sp³-hybridized carbons (Fsp3) is 0.500. The van der Waals surface area contributed by atoms with Crippen LogP contribution in [-0.2, 0) is 16.1 Å². The van der Waals surface area contributed by atoms with Crippen LogP contribution in [0.15, 0.2) is 47.4 Å². The highest BCUT2D eigenvalue weighted by Crippen LogP contribution is 2.35. The van der Waals surface area contributed by atoms with Crippen LogP contribution in [0.3, 0.4) is 0 Å². The lowest BCUT2D eigenvalue weighted by molar-refractivity contribution is -0.0660. The van der Waals surface area contributed by atoms with Crippen molar-refractivity contribution < 1.29 is 29.2 Å². The van der Waals surface area contributed by atoms with E-state index in [0.717, 1.165) is 47.0 Å². The minimum absolute atomic E-state index is 0.0662. The molecule has 2 heterocycles. The molecule has 0 spiro atoms. The number of benzene rings is 2. The van der Waals surface area contributed by atoms with Crippen molar-refractivity contribution in [3.05, 3.63) is 53.6 Å². The Hall–Kier alpha value is -2.46. The molecule has 3 atom stereocenters. The van der Waals surface area contributed by atoms with E-state index in [9.17, 15) is 15.0 Å². The third-order valence-corrected chi connectivity index (χ3v) is 7.36. The highest BCUT2D eigenvalue weighted by atomic mass is 32.2. The van der Waals surface area contributed by atoms with Gasteiger partial charge in [0.05, 0.1) is 44.1 Å². The number of aliphatic hydroxyl groups excluding tert-OH is 1. The molecule has 2 aromatic carbocycles. The van der Waals surface area contributed by atoms with Gasteiger partial charge >= 0.3 is 6.09 Å². The first-order valence-corrected chi connectivity index (χ1v) is 13.1. The number of likely N-dealkylation sites (tertiary alicyclic amines) is 1. The number of methoxy groups -OCH3 is 1. The Morgan fingerprint density at radius 3 is 2.71 bits per heavy atom. The number of nitrogens with zero attached hydrogens (tertiary/aromatic N) is 2. The second kappa shape index (κ2) is 12.0. The number of amides is 1. The minimum Gasteiger partial charge on any atom is -0.490 e. The van der Waals surface area contributed by atoms with E-state index in [4.69, 9.17) is 14.2 Å². The number of anilines is 1. The van der Waals surface area contributed by atoms with Crippen molar-refractivity contribution in [2.24, 2.45) is 0 Å². The van der Waals surface area contributed by atoms with Crippen LogP contribution in [0.4, 0.5) is 10.5 Å². The van der Waals surface area contributed by atoms with Crippen molar-refractivity contribution >= 4 is 23.5 Å². The fourth-order valence-electron chi connectivity index (χ4n) is 4.81. The summed E-state index contributed by atoms with van der Waals surface area (Å²) in [5.41, 5.74) is 2.96. The highest BCUT2D eigenvalue weighted by Gasteiger charge is 2.39. The van der Waals surface area contributed by atoms with Gasteiger partial charge in [0.25, 0.3) is 0 Å². The van der Waals surface area contributed by atoms with Crippen LogP contribution in [0.25, 0.3) is 0 Å². The van der Waals surface area contributed by atoms with E-state index in [1.807, 2.05) is 42.7 Å². The molecule has 2 aromatic rings. The first-order chi connectivity index (χ1) is 17.0. The van der Waals surface area contributed by atoms with Crippen molar-refractivity contribution in [3.63, 3.8) is 0 Å². The van der Waals surface area contributed by atoms with Crippen LogP contribution in [-0.4, -0.2) is 86.2 Å². The molecule has 8 nitrogen and oxygen atoms in total. The Balaban J connectivity index is 1.51. The number of ether oxygens (including phenoxy) is 3. The Morgan fingerprint density at radius 1 is 1.20 bits per heavy atom. The fourth-order valence-corrected chi connectivity index (χ4v) is 5.22. The second-order valence-electron chi connectivity index (χ2n) is 8.89. The third-order valence-electron chi connectivity index (χ3n) is 6.62. The van der Waals surface area contributed by atoms with Gasteiger partial charge in [-0.2, -0.15) is 0 Å². The summed E-state index contributed by atoms with van der Waals surface area (Å²) in [6, 6.07) is 14.1. The lowest BCUT2D eigenvalue weighted by atomic mass is 9.84. The number of hydrogen-bond donors (Lipinski definition) is 2. The van der Waals surface area contributed by atoms with Crippen molar-refractivity contribution in [3.8, 4) is 5.75 Å². The van der Waals surface area contributed by atoms with Crippen LogP contribution >= 0.6 is 11.8 Å². The first-order valence-electron chi connectivity index (χ1n) is 11.9. The van der Waals surface area contributed by atoms with Gasteiger partial charge in [-0.05, 0) is 48.1 Å². The molecule has 1 amide bonds. The first kappa shape index (κ1) is 25.6. The molecule has 1 saturated heterocycles. The monoisotopic (exact) mass is 502 g/mol. The summed E-state index contributed by atoms with van der Waals surface area (Å²) in [4.78, 5) is 16.3. The average molecular weight is 503 g/mol. The summed E-state index contributed by atoms with van der Waals surface area (Å²) in [6.07, 6.45) is 0.576. The number of fused-ring (bicyclic) bond motifs is 1. The number of thioether (sulfide) groups is 1. The van der Waals surface area contributed by atoms with Crippen molar-refractivity contribution in [2.75, 3.05) is 57.7 Å². The molecule has 2 aliphatic heterocycles. The molecule has 9 heteroatoms. The molecule has 0 aromatic heterocycles. The van der Waals surface area contributed by atoms with E-state index in [2.05, 4.69) is 11.0 Å². The lowest BCUT2D eigenvalue weighted by Crippen LogP contribution is -2.53. The number of β-amino-alcohol motifs (C(OH)–C–C–N with tert-alkyl or cyclic N) is 1. The van der Waals surface area contributed by atoms with E-state index >= 15 is 0 Å². The van der Waals surface area contributed by atoms with E-state index < -0.39 is 18.3 Å². The van der Waals surface area contributed by atoms with Crippen LogP contribution in [0, 0.1) is 0 Å². The SMILES string of the molecule is COCCCN1CCOc2ccc(CO[C@H]3CN(C(=O)O)C[C@@H](O)[C@@H]3c3ccc(SC)cc3)cc21. The number of hydrogen-bond acceptors (Lipinski definition) is 7. The Kier molecular flexibility index (Phi) is 8.78. The second-order valence-corrected chi connectivity index (χ2v) is 9.77. The zero-order valence-electron chi connectivity index (χ0n) is 20.3. The Morgan fingerprint density at radius 2 is 2.00 bits per heavy atom. The number of rotatable bonds is 9. The number of carboxylic acid groups (broad SMARTS) is 1. The molecular weight excluding hydrogens is 468 g/mol. The standard InChI is InChI=1S/C26H34N2O6S/c1-32-12-3-10-27-11-13-33-23-9-4-18(14-21(23)27)17-34-24-16-28(26(30)31)15-22(29)25(24)19-5-7-20(35-2)8-6-19/h4-9,14,22,24-25,29H,3,10-13,15-17H2,1-2H3,(H,30,31)/t22-,24+,25+/m1/s1. The molecule has 2 N–H and O–H groups in total. The third kappa shape index (κ3) is 6.22. The molecule has 1 fully saturated rings. The molecule has 0 bridgehead atoms. The van der Waals surface area contributed by atoms with Crippen molar-refractivity contribution in [1.82, 2.24) is 4.90 Å². The minimum atomic E-state index is -1.05. The van der Waals surface area contributed by atoms with E-state index in [1.165, 1.54) is 4.90 Å².